The largest absolute Gasteiger partial charge is 0.383 e. The van der Waals surface area contributed by atoms with Gasteiger partial charge in [-0.2, -0.15) is 0 Å². The van der Waals surface area contributed by atoms with E-state index < -0.39 is 0 Å². The van der Waals surface area contributed by atoms with E-state index in [2.05, 4.69) is 15.2 Å². The number of carbonyl (C=O) groups excluding carboxylic acids is 2. The van der Waals surface area contributed by atoms with Gasteiger partial charge in [0.2, 0.25) is 5.91 Å². The lowest BCUT2D eigenvalue weighted by molar-refractivity contribution is -0.115. The molecule has 0 bridgehead atoms. The predicted octanol–water partition coefficient (Wildman–Crippen LogP) is 3.31. The summed E-state index contributed by atoms with van der Waals surface area (Å²) in [6.45, 7) is 1.25. The summed E-state index contributed by atoms with van der Waals surface area (Å²) in [5.41, 5.74) is 2.08. The van der Waals surface area contributed by atoms with Crippen LogP contribution in [-0.2, 0) is 16.1 Å². The van der Waals surface area contributed by atoms with Gasteiger partial charge in [0.15, 0.2) is 0 Å². The highest BCUT2D eigenvalue weighted by atomic mass is 35.5. The molecule has 2 amide bonds. The Hall–Kier alpha value is -2.83. The number of amides is 2. The van der Waals surface area contributed by atoms with Crippen LogP contribution in [0.2, 0.25) is 5.02 Å². The van der Waals surface area contributed by atoms with Crippen LogP contribution in [0.25, 0.3) is 10.9 Å². The highest BCUT2D eigenvalue weighted by molar-refractivity contribution is 6.33. The molecule has 3 aromatic rings. The summed E-state index contributed by atoms with van der Waals surface area (Å²) in [5.74, 6) is -0.699. The Morgan fingerprint density at radius 2 is 1.96 bits per heavy atom. The van der Waals surface area contributed by atoms with Crippen molar-refractivity contribution < 1.29 is 14.3 Å². The number of methoxy groups -OCH3 is 1. The molecule has 0 aliphatic carbocycles. The summed E-state index contributed by atoms with van der Waals surface area (Å²) in [5, 5.41) is 6.72. The number of nitrogens with one attached hydrogen (secondary N) is 2. The Balaban J connectivity index is 1.59. The number of ether oxygens (including phenoxy) is 1. The van der Waals surface area contributed by atoms with Gasteiger partial charge < -0.3 is 19.9 Å². The first kappa shape index (κ1) is 18.9. The Bertz CT molecular complexity index is 968. The van der Waals surface area contributed by atoms with E-state index in [0.29, 0.717) is 22.9 Å². The molecule has 0 atom stereocenters. The molecule has 1 aromatic heterocycles. The number of fused-ring (bicyclic) bond motifs is 1. The van der Waals surface area contributed by atoms with Crippen LogP contribution in [0.1, 0.15) is 10.4 Å². The number of halogens is 1. The normalized spacial score (nSPS) is 10.7. The second kappa shape index (κ2) is 8.70. The van der Waals surface area contributed by atoms with Crippen LogP contribution in [0, 0.1) is 0 Å². The highest BCUT2D eigenvalue weighted by Crippen LogP contribution is 2.20. The molecule has 27 heavy (non-hydrogen) atoms. The molecule has 0 saturated heterocycles. The van der Waals surface area contributed by atoms with Gasteiger partial charge in [-0.25, -0.2) is 0 Å². The topological polar surface area (TPSA) is 72.4 Å². The van der Waals surface area contributed by atoms with Gasteiger partial charge in [-0.3, -0.25) is 9.59 Å². The lowest BCUT2D eigenvalue weighted by Crippen LogP contribution is -2.33. The minimum Gasteiger partial charge on any atom is -0.383 e. The number of benzene rings is 2. The Morgan fingerprint density at radius 3 is 2.74 bits per heavy atom. The van der Waals surface area contributed by atoms with Crippen LogP contribution in [0.5, 0.6) is 0 Å². The van der Waals surface area contributed by atoms with Crippen molar-refractivity contribution in [3.05, 3.63) is 65.3 Å². The smallest absolute Gasteiger partial charge is 0.253 e. The number of anilines is 1. The van der Waals surface area contributed by atoms with Gasteiger partial charge in [0, 0.05) is 36.4 Å². The molecule has 2 N–H and O–H groups in total. The standard InChI is InChI=1S/C20H20ClN3O3/c1-27-11-10-24-9-8-14-12-15(6-7-18(14)24)23-19(25)13-22-20(26)16-4-2-3-5-17(16)21/h2-9,12H,10-11,13H2,1H3,(H,22,26)(H,23,25). The molecule has 3 rings (SSSR count). The third-order valence-electron chi connectivity index (χ3n) is 4.12. The minimum atomic E-state index is -0.388. The molecule has 6 nitrogen and oxygen atoms in total. The molecule has 140 valence electrons. The lowest BCUT2D eigenvalue weighted by Gasteiger charge is -2.09. The molecular weight excluding hydrogens is 366 g/mol. The highest BCUT2D eigenvalue weighted by Gasteiger charge is 2.11. The molecule has 0 fully saturated rings. The maximum atomic E-state index is 12.1. The molecule has 2 aromatic carbocycles. The van der Waals surface area contributed by atoms with E-state index in [1.807, 2.05) is 30.5 Å². The maximum absolute atomic E-state index is 12.1. The van der Waals surface area contributed by atoms with Crippen molar-refractivity contribution >= 4 is 40.0 Å². The number of nitrogens with zero attached hydrogens (tertiary/aromatic N) is 1. The van der Waals surface area contributed by atoms with Crippen molar-refractivity contribution in [3.63, 3.8) is 0 Å². The van der Waals surface area contributed by atoms with Gasteiger partial charge >= 0.3 is 0 Å². The first-order valence-electron chi connectivity index (χ1n) is 8.49. The van der Waals surface area contributed by atoms with Crippen LogP contribution in [0.4, 0.5) is 5.69 Å². The molecule has 0 aliphatic heterocycles. The van der Waals surface area contributed by atoms with Crippen LogP contribution in [0.15, 0.2) is 54.7 Å². The van der Waals surface area contributed by atoms with E-state index in [9.17, 15) is 9.59 Å². The SMILES string of the molecule is COCCn1ccc2cc(NC(=O)CNC(=O)c3ccccc3Cl)ccc21. The quantitative estimate of drug-likeness (QED) is 0.655. The number of hydrogen-bond donors (Lipinski definition) is 2. The van der Waals surface area contributed by atoms with Gasteiger partial charge in [-0.1, -0.05) is 23.7 Å². The molecule has 0 radical (unpaired) electrons. The molecule has 0 spiro atoms. The van der Waals surface area contributed by atoms with Crippen LogP contribution in [0.3, 0.4) is 0 Å². The van der Waals surface area contributed by atoms with E-state index in [4.69, 9.17) is 16.3 Å². The summed E-state index contributed by atoms with van der Waals surface area (Å²) < 4.78 is 7.20. The second-order valence-corrected chi connectivity index (χ2v) is 6.39. The molecule has 1 heterocycles. The van der Waals surface area contributed by atoms with Crippen molar-refractivity contribution in [1.29, 1.82) is 0 Å². The van der Waals surface area contributed by atoms with Gasteiger partial charge in [0.1, 0.15) is 0 Å². The zero-order chi connectivity index (χ0) is 19.2. The zero-order valence-corrected chi connectivity index (χ0v) is 15.6. The van der Waals surface area contributed by atoms with E-state index in [1.165, 1.54) is 0 Å². The van der Waals surface area contributed by atoms with Crippen molar-refractivity contribution in [2.24, 2.45) is 0 Å². The van der Waals surface area contributed by atoms with Crippen LogP contribution < -0.4 is 10.6 Å². The van der Waals surface area contributed by atoms with Gasteiger partial charge in [-0.15, -0.1) is 0 Å². The zero-order valence-electron chi connectivity index (χ0n) is 14.9. The third-order valence-corrected chi connectivity index (χ3v) is 4.45. The van der Waals surface area contributed by atoms with Gasteiger partial charge in [0.05, 0.1) is 23.7 Å². The summed E-state index contributed by atoms with van der Waals surface area (Å²) in [4.78, 5) is 24.2. The number of hydrogen-bond acceptors (Lipinski definition) is 3. The van der Waals surface area contributed by atoms with Crippen LogP contribution >= 0.6 is 11.6 Å². The van der Waals surface area contributed by atoms with E-state index >= 15 is 0 Å². The minimum absolute atomic E-state index is 0.142. The fourth-order valence-electron chi connectivity index (χ4n) is 2.77. The second-order valence-electron chi connectivity index (χ2n) is 5.99. The fourth-order valence-corrected chi connectivity index (χ4v) is 2.99. The first-order chi connectivity index (χ1) is 13.1. The third kappa shape index (κ3) is 4.67. The number of carbonyl (C=O) groups is 2. The van der Waals surface area contributed by atoms with E-state index in [-0.39, 0.29) is 18.4 Å². The molecule has 7 heteroatoms. The summed E-state index contributed by atoms with van der Waals surface area (Å²) >= 11 is 5.98. The summed E-state index contributed by atoms with van der Waals surface area (Å²) in [7, 11) is 1.67. The van der Waals surface area contributed by atoms with Crippen molar-refractivity contribution in [2.75, 3.05) is 25.6 Å². The van der Waals surface area contributed by atoms with Crippen molar-refractivity contribution in [2.45, 2.75) is 6.54 Å². The predicted molar refractivity (Wildman–Crippen MR) is 106 cm³/mol. The fraction of sp³-hybridized carbons (Fsp3) is 0.200. The Labute approximate surface area is 162 Å². The monoisotopic (exact) mass is 385 g/mol. The summed E-state index contributed by atoms with van der Waals surface area (Å²) in [6.07, 6.45) is 1.99. The van der Waals surface area contributed by atoms with E-state index in [1.54, 1.807) is 31.4 Å². The number of rotatable bonds is 7. The average Bonchev–Trinajstić information content (AvgIpc) is 3.07. The van der Waals surface area contributed by atoms with Crippen LogP contribution in [-0.4, -0.2) is 36.6 Å². The lowest BCUT2D eigenvalue weighted by atomic mass is 10.2. The van der Waals surface area contributed by atoms with E-state index in [0.717, 1.165) is 17.4 Å². The summed E-state index contributed by atoms with van der Waals surface area (Å²) in [6, 6.07) is 14.4. The molecular formula is C20H20ClN3O3. The molecule has 0 saturated carbocycles. The van der Waals surface area contributed by atoms with Crippen molar-refractivity contribution in [3.8, 4) is 0 Å². The maximum Gasteiger partial charge on any atom is 0.253 e. The van der Waals surface area contributed by atoms with Gasteiger partial charge in [-0.05, 0) is 36.4 Å². The first-order valence-corrected chi connectivity index (χ1v) is 8.86. The molecule has 0 unspecified atom stereocenters. The molecule has 0 aliphatic rings. The van der Waals surface area contributed by atoms with Crippen molar-refractivity contribution in [1.82, 2.24) is 9.88 Å². The average molecular weight is 386 g/mol. The Morgan fingerprint density at radius 1 is 1.15 bits per heavy atom. The van der Waals surface area contributed by atoms with Gasteiger partial charge in [0.25, 0.3) is 5.91 Å². The number of aromatic nitrogens is 1. The Kier molecular flexibility index (Phi) is 6.11.